The van der Waals surface area contributed by atoms with E-state index in [1.54, 1.807) is 11.3 Å². The first-order valence-electron chi connectivity index (χ1n) is 11.0. The molecule has 0 radical (unpaired) electrons. The van der Waals surface area contributed by atoms with Crippen LogP contribution in [0.25, 0.3) is 10.2 Å². The van der Waals surface area contributed by atoms with Gasteiger partial charge < -0.3 is 9.88 Å². The van der Waals surface area contributed by atoms with Gasteiger partial charge in [0.15, 0.2) is 0 Å². The summed E-state index contributed by atoms with van der Waals surface area (Å²) in [5, 5.41) is 0.789. The highest BCUT2D eigenvalue weighted by Crippen LogP contribution is 2.42. The molecule has 0 bridgehead atoms. The van der Waals surface area contributed by atoms with Crippen LogP contribution in [0.1, 0.15) is 69.6 Å². The lowest BCUT2D eigenvalue weighted by Gasteiger charge is -2.33. The lowest BCUT2D eigenvalue weighted by molar-refractivity contribution is -0.132. The maximum atomic E-state index is 12.8. The summed E-state index contributed by atoms with van der Waals surface area (Å²) in [6.45, 7) is 10.9. The van der Waals surface area contributed by atoms with Crippen LogP contribution in [0.3, 0.4) is 0 Å². The Kier molecular flexibility index (Phi) is 5.58. The summed E-state index contributed by atoms with van der Waals surface area (Å²) < 4.78 is 0. The maximum absolute atomic E-state index is 12.8. The zero-order chi connectivity index (χ0) is 20.8. The van der Waals surface area contributed by atoms with Crippen molar-refractivity contribution in [1.82, 2.24) is 14.9 Å². The Labute approximate surface area is 176 Å². The van der Waals surface area contributed by atoms with E-state index in [-0.39, 0.29) is 16.9 Å². The van der Waals surface area contributed by atoms with Gasteiger partial charge in [0.1, 0.15) is 10.7 Å². The van der Waals surface area contributed by atoms with E-state index >= 15 is 0 Å². The molecule has 2 aromatic rings. The van der Waals surface area contributed by atoms with Gasteiger partial charge in [0, 0.05) is 30.8 Å². The molecular weight excluding hydrogens is 382 g/mol. The van der Waals surface area contributed by atoms with Gasteiger partial charge in [-0.3, -0.25) is 9.59 Å². The monoisotopic (exact) mass is 415 g/mol. The van der Waals surface area contributed by atoms with Crippen LogP contribution in [0.2, 0.25) is 0 Å². The average molecular weight is 416 g/mol. The number of likely N-dealkylation sites (tertiary alicyclic amines) is 1. The van der Waals surface area contributed by atoms with E-state index in [1.165, 1.54) is 10.4 Å². The van der Waals surface area contributed by atoms with E-state index in [1.807, 2.05) is 4.90 Å². The van der Waals surface area contributed by atoms with Crippen LogP contribution in [0.15, 0.2) is 4.79 Å². The number of H-pyrrole nitrogens is 1. The number of aromatic amines is 1. The highest BCUT2D eigenvalue weighted by atomic mass is 32.1. The molecule has 5 nitrogen and oxygen atoms in total. The number of carbonyl (C=O) groups excluding carboxylic acids is 1. The summed E-state index contributed by atoms with van der Waals surface area (Å²) in [5.41, 5.74) is 1.46. The normalized spacial score (nSPS) is 20.8. The van der Waals surface area contributed by atoms with Crippen molar-refractivity contribution in [1.29, 1.82) is 0 Å². The summed E-state index contributed by atoms with van der Waals surface area (Å²) in [6.07, 6.45) is 6.23. The van der Waals surface area contributed by atoms with E-state index in [4.69, 9.17) is 4.98 Å². The van der Waals surface area contributed by atoms with Crippen LogP contribution in [-0.4, -0.2) is 33.9 Å². The molecule has 0 saturated carbocycles. The number of aryl methyl sites for hydroxylation is 2. The van der Waals surface area contributed by atoms with Gasteiger partial charge in [0.05, 0.1) is 5.39 Å². The van der Waals surface area contributed by atoms with Crippen LogP contribution in [-0.2, 0) is 24.1 Å². The second-order valence-corrected chi connectivity index (χ2v) is 11.1. The molecule has 1 aliphatic carbocycles. The first-order valence-corrected chi connectivity index (χ1v) is 11.8. The smallest absolute Gasteiger partial charge is 0.259 e. The molecule has 29 heavy (non-hydrogen) atoms. The second kappa shape index (κ2) is 7.86. The number of carbonyl (C=O) groups is 1. The third-order valence-electron chi connectivity index (χ3n) is 6.90. The minimum absolute atomic E-state index is 0.0315. The van der Waals surface area contributed by atoms with Crippen molar-refractivity contribution in [3.05, 3.63) is 26.6 Å². The number of hydrogen-bond acceptors (Lipinski definition) is 4. The quantitative estimate of drug-likeness (QED) is 0.811. The van der Waals surface area contributed by atoms with Gasteiger partial charge in [-0.25, -0.2) is 4.98 Å². The van der Waals surface area contributed by atoms with E-state index < -0.39 is 0 Å². The molecule has 2 aromatic heterocycles. The minimum Gasteiger partial charge on any atom is -0.343 e. The number of amides is 1. The molecule has 0 aromatic carbocycles. The molecule has 1 N–H and O–H groups in total. The van der Waals surface area contributed by atoms with Gasteiger partial charge in [-0.1, -0.05) is 27.7 Å². The molecular formula is C23H33N3O2S. The summed E-state index contributed by atoms with van der Waals surface area (Å²) in [5.74, 6) is 2.18. The largest absolute Gasteiger partial charge is 0.343 e. The van der Waals surface area contributed by atoms with Crippen LogP contribution >= 0.6 is 11.3 Å². The van der Waals surface area contributed by atoms with Gasteiger partial charge in [0.25, 0.3) is 5.56 Å². The molecule has 1 aliphatic heterocycles. The fourth-order valence-electron chi connectivity index (χ4n) is 4.73. The molecule has 1 saturated heterocycles. The predicted molar refractivity (Wildman–Crippen MR) is 119 cm³/mol. The number of rotatable bonds is 3. The standard InChI is InChI=1S/C23H33N3O2S/c1-14-9-11-26(12-10-14)19(27)8-7-18-24-21(28)20-16-6-5-15(23(2,3)4)13-17(16)29-22(20)25-18/h14-15H,5-13H2,1-4H3,(H,24,25,28)/t15-/m0/s1. The van der Waals surface area contributed by atoms with Crippen molar-refractivity contribution in [3.63, 3.8) is 0 Å². The Morgan fingerprint density at radius 1 is 1.24 bits per heavy atom. The van der Waals surface area contributed by atoms with Gasteiger partial charge >= 0.3 is 0 Å². The van der Waals surface area contributed by atoms with Crippen LogP contribution in [0, 0.1) is 17.3 Å². The van der Waals surface area contributed by atoms with Crippen molar-refractivity contribution in [2.75, 3.05) is 13.1 Å². The van der Waals surface area contributed by atoms with Crippen molar-refractivity contribution < 1.29 is 4.79 Å². The summed E-state index contributed by atoms with van der Waals surface area (Å²) in [4.78, 5) is 37.2. The second-order valence-electron chi connectivity index (χ2n) is 10.1. The molecule has 1 atom stereocenters. The molecule has 0 spiro atoms. The summed E-state index contributed by atoms with van der Waals surface area (Å²) in [7, 11) is 0. The highest BCUT2D eigenvalue weighted by molar-refractivity contribution is 7.18. The SMILES string of the molecule is CC1CCN(C(=O)CCc2nc3sc4c(c3c(=O)[nH]2)CC[C@H](C(C)(C)C)C4)CC1. The lowest BCUT2D eigenvalue weighted by Crippen LogP contribution is -2.38. The molecule has 0 unspecified atom stereocenters. The molecule has 3 heterocycles. The minimum atomic E-state index is -0.0315. The number of nitrogens with one attached hydrogen (secondary N) is 1. The number of nitrogens with zero attached hydrogens (tertiary/aromatic N) is 2. The molecule has 158 valence electrons. The van der Waals surface area contributed by atoms with Gasteiger partial charge in [0.2, 0.25) is 5.91 Å². The molecule has 2 aliphatic rings. The Hall–Kier alpha value is -1.69. The fraction of sp³-hybridized carbons (Fsp3) is 0.696. The van der Waals surface area contributed by atoms with Gasteiger partial charge in [-0.15, -0.1) is 11.3 Å². The Morgan fingerprint density at radius 2 is 1.97 bits per heavy atom. The molecule has 6 heteroatoms. The average Bonchev–Trinajstić information content (AvgIpc) is 3.04. The third kappa shape index (κ3) is 4.27. The number of aromatic nitrogens is 2. The topological polar surface area (TPSA) is 66.1 Å². The summed E-state index contributed by atoms with van der Waals surface area (Å²) in [6, 6.07) is 0. The van der Waals surface area contributed by atoms with E-state index in [2.05, 4.69) is 32.7 Å². The molecule has 4 rings (SSSR count). The first-order chi connectivity index (χ1) is 13.7. The van der Waals surface area contributed by atoms with Crippen LogP contribution in [0.5, 0.6) is 0 Å². The predicted octanol–water partition coefficient (Wildman–Crippen LogP) is 4.33. The fourth-order valence-corrected chi connectivity index (χ4v) is 6.05. The van der Waals surface area contributed by atoms with Crippen LogP contribution < -0.4 is 5.56 Å². The van der Waals surface area contributed by atoms with Crippen molar-refractivity contribution in [2.24, 2.45) is 17.3 Å². The van der Waals surface area contributed by atoms with E-state index in [9.17, 15) is 9.59 Å². The van der Waals surface area contributed by atoms with Crippen molar-refractivity contribution in [3.8, 4) is 0 Å². The molecule has 1 fully saturated rings. The molecule has 1 amide bonds. The van der Waals surface area contributed by atoms with Crippen molar-refractivity contribution in [2.45, 2.75) is 72.6 Å². The highest BCUT2D eigenvalue weighted by Gasteiger charge is 2.31. The Morgan fingerprint density at radius 3 is 2.66 bits per heavy atom. The van der Waals surface area contributed by atoms with Crippen LogP contribution in [0.4, 0.5) is 0 Å². The zero-order valence-electron chi connectivity index (χ0n) is 18.1. The Bertz CT molecular complexity index is 961. The van der Waals surface area contributed by atoms with E-state index in [0.717, 1.165) is 55.4 Å². The Balaban J connectivity index is 1.50. The lowest BCUT2D eigenvalue weighted by atomic mass is 9.72. The van der Waals surface area contributed by atoms with Crippen molar-refractivity contribution >= 4 is 27.5 Å². The van der Waals surface area contributed by atoms with Gasteiger partial charge in [-0.05, 0) is 54.9 Å². The number of thiophene rings is 1. The maximum Gasteiger partial charge on any atom is 0.259 e. The zero-order valence-corrected chi connectivity index (χ0v) is 19.0. The van der Waals surface area contributed by atoms with E-state index in [0.29, 0.717) is 30.5 Å². The third-order valence-corrected chi connectivity index (χ3v) is 8.05. The number of fused-ring (bicyclic) bond motifs is 3. The van der Waals surface area contributed by atoms with Gasteiger partial charge in [-0.2, -0.15) is 0 Å². The first kappa shape index (κ1) is 20.6. The summed E-state index contributed by atoms with van der Waals surface area (Å²) >= 11 is 1.68. The number of piperidine rings is 1. The number of hydrogen-bond donors (Lipinski definition) is 1.